The predicted octanol–water partition coefficient (Wildman–Crippen LogP) is 2.74. The molecule has 15 heavy (non-hydrogen) atoms. The highest BCUT2D eigenvalue weighted by atomic mass is 19.1. The topological polar surface area (TPSA) is 49.3 Å². The first-order valence-electron chi connectivity index (χ1n) is 4.92. The largest absolute Gasteiger partial charge is 0.478 e. The maximum absolute atomic E-state index is 13.2. The minimum absolute atomic E-state index is 0.0930. The van der Waals surface area contributed by atoms with Crippen molar-refractivity contribution in [2.45, 2.75) is 19.8 Å². The van der Waals surface area contributed by atoms with Gasteiger partial charge in [-0.3, -0.25) is 0 Å². The van der Waals surface area contributed by atoms with Crippen molar-refractivity contribution in [3.63, 3.8) is 0 Å². The molecule has 0 fully saturated rings. The van der Waals surface area contributed by atoms with Gasteiger partial charge in [0, 0.05) is 6.54 Å². The Morgan fingerprint density at radius 1 is 1.53 bits per heavy atom. The Hall–Kier alpha value is -1.58. The van der Waals surface area contributed by atoms with Crippen LogP contribution in [0, 0.1) is 5.82 Å². The van der Waals surface area contributed by atoms with Crippen LogP contribution in [0.1, 0.15) is 30.1 Å². The summed E-state index contributed by atoms with van der Waals surface area (Å²) in [5.74, 6) is -1.47. The summed E-state index contributed by atoms with van der Waals surface area (Å²) in [4.78, 5) is 10.6. The van der Waals surface area contributed by atoms with Crippen LogP contribution in [0.3, 0.4) is 0 Å². The van der Waals surface area contributed by atoms with E-state index in [1.54, 1.807) is 0 Å². The number of rotatable bonds is 5. The van der Waals surface area contributed by atoms with Crippen molar-refractivity contribution in [3.8, 4) is 0 Å². The number of aromatic carboxylic acids is 1. The van der Waals surface area contributed by atoms with E-state index in [2.05, 4.69) is 5.32 Å². The van der Waals surface area contributed by atoms with Gasteiger partial charge in [0.1, 0.15) is 5.82 Å². The minimum Gasteiger partial charge on any atom is -0.478 e. The Morgan fingerprint density at radius 3 is 2.87 bits per heavy atom. The average molecular weight is 211 g/mol. The van der Waals surface area contributed by atoms with Crippen LogP contribution in [0.25, 0.3) is 0 Å². The Labute approximate surface area is 87.9 Å². The van der Waals surface area contributed by atoms with Gasteiger partial charge in [0.05, 0.1) is 11.3 Å². The molecule has 1 aromatic carbocycles. The first-order chi connectivity index (χ1) is 7.15. The third-order valence-electron chi connectivity index (χ3n) is 2.06. The van der Waals surface area contributed by atoms with E-state index in [9.17, 15) is 9.18 Å². The zero-order chi connectivity index (χ0) is 11.3. The fraction of sp³-hybridized carbons (Fsp3) is 0.364. The number of carboxylic acid groups (broad SMARTS) is 1. The maximum atomic E-state index is 13.2. The molecule has 0 aromatic heterocycles. The fourth-order valence-corrected chi connectivity index (χ4v) is 1.19. The lowest BCUT2D eigenvalue weighted by Crippen LogP contribution is -2.05. The minimum atomic E-state index is -1.05. The Bertz CT molecular complexity index is 352. The predicted molar refractivity (Wildman–Crippen MR) is 56.8 cm³/mol. The van der Waals surface area contributed by atoms with Crippen molar-refractivity contribution >= 4 is 11.7 Å². The standard InChI is InChI=1S/C11H14FNO2/c1-2-3-6-13-10-7-8(11(14)15)4-5-9(10)12/h4-5,7,13H,2-3,6H2,1H3,(H,14,15). The molecule has 0 unspecified atom stereocenters. The van der Waals surface area contributed by atoms with Crippen molar-refractivity contribution in [1.82, 2.24) is 0 Å². The molecule has 0 saturated carbocycles. The molecule has 0 radical (unpaired) electrons. The normalized spacial score (nSPS) is 10.0. The van der Waals surface area contributed by atoms with Gasteiger partial charge in [-0.2, -0.15) is 0 Å². The van der Waals surface area contributed by atoms with Crippen LogP contribution >= 0.6 is 0 Å². The van der Waals surface area contributed by atoms with Crippen molar-refractivity contribution < 1.29 is 14.3 Å². The van der Waals surface area contributed by atoms with Gasteiger partial charge in [0.15, 0.2) is 0 Å². The average Bonchev–Trinajstić information content (AvgIpc) is 2.20. The van der Waals surface area contributed by atoms with Crippen LogP contribution in [0.15, 0.2) is 18.2 Å². The summed E-state index contributed by atoms with van der Waals surface area (Å²) in [7, 11) is 0. The molecule has 2 N–H and O–H groups in total. The van der Waals surface area contributed by atoms with Gasteiger partial charge in [0.25, 0.3) is 0 Å². The quantitative estimate of drug-likeness (QED) is 0.736. The van der Waals surface area contributed by atoms with Gasteiger partial charge < -0.3 is 10.4 Å². The van der Waals surface area contributed by atoms with Crippen LogP contribution in [0.5, 0.6) is 0 Å². The summed E-state index contributed by atoms with van der Waals surface area (Å²) < 4.78 is 13.2. The molecule has 1 rings (SSSR count). The molecule has 3 nitrogen and oxygen atoms in total. The summed E-state index contributed by atoms with van der Waals surface area (Å²) in [5, 5.41) is 11.6. The fourth-order valence-electron chi connectivity index (χ4n) is 1.19. The molecule has 0 saturated heterocycles. The molecule has 4 heteroatoms. The Kier molecular flexibility index (Phi) is 4.09. The molecule has 0 bridgehead atoms. The van der Waals surface area contributed by atoms with Crippen LogP contribution in [-0.2, 0) is 0 Å². The Morgan fingerprint density at radius 2 is 2.27 bits per heavy atom. The zero-order valence-electron chi connectivity index (χ0n) is 8.59. The molecule has 0 atom stereocenters. The van der Waals surface area contributed by atoms with Crippen molar-refractivity contribution in [2.24, 2.45) is 0 Å². The molecule has 0 aliphatic rings. The molecule has 0 amide bonds. The first kappa shape index (κ1) is 11.5. The van der Waals surface area contributed by atoms with Gasteiger partial charge in [-0.15, -0.1) is 0 Å². The van der Waals surface area contributed by atoms with Gasteiger partial charge >= 0.3 is 5.97 Å². The zero-order valence-corrected chi connectivity index (χ0v) is 8.59. The molecule has 0 aliphatic carbocycles. The Balaban J connectivity index is 2.76. The summed E-state index contributed by atoms with van der Waals surface area (Å²) >= 11 is 0. The van der Waals surface area contributed by atoms with Crippen molar-refractivity contribution in [1.29, 1.82) is 0 Å². The smallest absolute Gasteiger partial charge is 0.335 e. The first-order valence-corrected chi connectivity index (χ1v) is 4.92. The summed E-state index contributed by atoms with van der Waals surface area (Å²) in [6.45, 7) is 2.68. The lowest BCUT2D eigenvalue weighted by Gasteiger charge is -2.07. The maximum Gasteiger partial charge on any atom is 0.335 e. The number of carboxylic acids is 1. The lowest BCUT2D eigenvalue weighted by atomic mass is 10.2. The van der Waals surface area contributed by atoms with E-state index in [0.29, 0.717) is 6.54 Å². The molecule has 0 heterocycles. The highest BCUT2D eigenvalue weighted by molar-refractivity contribution is 5.88. The number of carbonyl (C=O) groups is 1. The molecular formula is C11H14FNO2. The van der Waals surface area contributed by atoms with Crippen molar-refractivity contribution in [3.05, 3.63) is 29.6 Å². The number of hydrogen-bond donors (Lipinski definition) is 2. The molecule has 1 aromatic rings. The number of halogens is 1. The summed E-state index contributed by atoms with van der Waals surface area (Å²) in [5.41, 5.74) is 0.346. The highest BCUT2D eigenvalue weighted by Crippen LogP contribution is 2.16. The van der Waals surface area contributed by atoms with Crippen LogP contribution < -0.4 is 5.32 Å². The van der Waals surface area contributed by atoms with Gasteiger partial charge in [-0.25, -0.2) is 9.18 Å². The number of nitrogens with one attached hydrogen (secondary N) is 1. The van der Waals surface area contributed by atoms with E-state index in [1.807, 2.05) is 6.92 Å². The second kappa shape index (κ2) is 5.34. The van der Waals surface area contributed by atoms with Crippen LogP contribution in [0.4, 0.5) is 10.1 Å². The summed E-state index contributed by atoms with van der Waals surface area (Å²) in [6, 6.07) is 3.73. The second-order valence-corrected chi connectivity index (χ2v) is 3.28. The molecule has 0 aliphatic heterocycles. The lowest BCUT2D eigenvalue weighted by molar-refractivity contribution is 0.0697. The monoisotopic (exact) mass is 211 g/mol. The number of hydrogen-bond acceptors (Lipinski definition) is 2. The van der Waals surface area contributed by atoms with Gasteiger partial charge in [0.2, 0.25) is 0 Å². The van der Waals surface area contributed by atoms with E-state index < -0.39 is 11.8 Å². The highest BCUT2D eigenvalue weighted by Gasteiger charge is 2.07. The van der Waals surface area contributed by atoms with E-state index in [1.165, 1.54) is 12.1 Å². The van der Waals surface area contributed by atoms with Crippen LogP contribution in [-0.4, -0.2) is 17.6 Å². The van der Waals surface area contributed by atoms with E-state index in [0.717, 1.165) is 18.9 Å². The van der Waals surface area contributed by atoms with E-state index in [4.69, 9.17) is 5.11 Å². The second-order valence-electron chi connectivity index (χ2n) is 3.28. The van der Waals surface area contributed by atoms with Crippen molar-refractivity contribution in [2.75, 3.05) is 11.9 Å². The SMILES string of the molecule is CCCCNc1cc(C(=O)O)ccc1F. The molecular weight excluding hydrogens is 197 g/mol. The van der Waals surface area contributed by atoms with Gasteiger partial charge in [-0.1, -0.05) is 13.3 Å². The van der Waals surface area contributed by atoms with Crippen LogP contribution in [0.2, 0.25) is 0 Å². The third-order valence-corrected chi connectivity index (χ3v) is 2.06. The van der Waals surface area contributed by atoms with E-state index >= 15 is 0 Å². The number of benzene rings is 1. The van der Waals surface area contributed by atoms with E-state index in [-0.39, 0.29) is 11.3 Å². The summed E-state index contributed by atoms with van der Waals surface area (Å²) in [6.07, 6.45) is 1.93. The van der Waals surface area contributed by atoms with Gasteiger partial charge in [-0.05, 0) is 24.6 Å². The molecule has 82 valence electrons. The third kappa shape index (κ3) is 3.23. The number of anilines is 1. The number of unbranched alkanes of at least 4 members (excludes halogenated alkanes) is 1. The molecule has 0 spiro atoms.